The topological polar surface area (TPSA) is 191 Å². The van der Waals surface area contributed by atoms with E-state index in [4.69, 9.17) is 25.8 Å². The van der Waals surface area contributed by atoms with Gasteiger partial charge in [0.25, 0.3) is 11.8 Å². The molecule has 1 unspecified atom stereocenters. The number of hydrogen-bond donors (Lipinski definition) is 3. The number of fused-ring (bicyclic) bond motifs is 1. The van der Waals surface area contributed by atoms with Crippen LogP contribution in [0.15, 0.2) is 37.1 Å². The van der Waals surface area contributed by atoms with Crippen LogP contribution in [0.2, 0.25) is 5.02 Å². The molecule has 1 saturated heterocycles. The van der Waals surface area contributed by atoms with Gasteiger partial charge in [-0.2, -0.15) is 4.37 Å². The van der Waals surface area contributed by atoms with Crippen LogP contribution < -0.4 is 29.6 Å². The van der Waals surface area contributed by atoms with Crippen LogP contribution in [0.5, 0.6) is 17.5 Å². The van der Waals surface area contributed by atoms with Crippen LogP contribution in [-0.2, 0) is 24.4 Å². The maximum Gasteiger partial charge on any atom is 0.270 e. The van der Waals surface area contributed by atoms with Gasteiger partial charge >= 0.3 is 0 Å². The van der Waals surface area contributed by atoms with E-state index < -0.39 is 68.1 Å². The molecule has 288 valence electrons. The van der Waals surface area contributed by atoms with Gasteiger partial charge in [0.15, 0.2) is 0 Å². The van der Waals surface area contributed by atoms with E-state index in [1.54, 1.807) is 18.2 Å². The molecule has 53 heavy (non-hydrogen) atoms. The molecule has 1 aliphatic heterocycles. The summed E-state index contributed by atoms with van der Waals surface area (Å²) in [4.78, 5) is 48.4. The second-order valence-corrected chi connectivity index (χ2v) is 17.2. The number of likely N-dealkylation sites (tertiary alicyclic amines) is 1. The highest BCUT2D eigenvalue weighted by molar-refractivity contribution is 7.91. The molecule has 3 amide bonds. The van der Waals surface area contributed by atoms with Crippen molar-refractivity contribution in [1.29, 1.82) is 0 Å². The average molecular weight is 792 g/mol. The maximum absolute atomic E-state index is 14.7. The SMILES string of the molecule is C.C=C[C@@H]1C[C@]1(NC(=O)[C@@H]1C[C@@H](Oc2ncc(OC)c3ccc(Cl)cc23)CN1C(=O)C(Nc1nsnc1OCC)C(C)(C)C)C(=O)NS(=O)(=O)C1CC1. The predicted octanol–water partition coefficient (Wildman–Crippen LogP) is 4.33. The number of sulfonamides is 1. The molecule has 2 aromatic heterocycles. The number of halogens is 1. The summed E-state index contributed by atoms with van der Waals surface area (Å²) in [7, 11) is -2.37. The number of aromatic nitrogens is 3. The van der Waals surface area contributed by atoms with Crippen molar-refractivity contribution in [1.82, 2.24) is 28.7 Å². The Morgan fingerprint density at radius 1 is 1.19 bits per heavy atom. The molecule has 1 aromatic carbocycles. The molecule has 18 heteroatoms. The third kappa shape index (κ3) is 8.16. The molecular formula is C35H46ClN7O8S2. The van der Waals surface area contributed by atoms with Crippen molar-refractivity contribution in [2.24, 2.45) is 11.3 Å². The Morgan fingerprint density at radius 2 is 1.92 bits per heavy atom. The molecule has 5 atom stereocenters. The number of pyridine rings is 1. The first-order chi connectivity index (χ1) is 24.6. The fraction of sp³-hybridized carbons (Fsp3) is 0.543. The zero-order chi connectivity index (χ0) is 37.6. The molecule has 15 nitrogen and oxygen atoms in total. The summed E-state index contributed by atoms with van der Waals surface area (Å²) >= 11 is 7.28. The Hall–Kier alpha value is -4.22. The number of nitrogens with zero attached hydrogens (tertiary/aromatic N) is 4. The molecule has 3 aromatic rings. The van der Waals surface area contributed by atoms with E-state index in [9.17, 15) is 22.8 Å². The lowest BCUT2D eigenvalue weighted by Crippen LogP contribution is -2.58. The van der Waals surface area contributed by atoms with Gasteiger partial charge < -0.3 is 29.7 Å². The Balaban J connectivity index is 0.00000541. The number of anilines is 1. The van der Waals surface area contributed by atoms with Crippen LogP contribution in [0.25, 0.3) is 10.8 Å². The van der Waals surface area contributed by atoms with Gasteiger partial charge in [0.05, 0.1) is 43.4 Å². The predicted molar refractivity (Wildman–Crippen MR) is 202 cm³/mol. The van der Waals surface area contributed by atoms with Crippen molar-refractivity contribution in [3.8, 4) is 17.5 Å². The fourth-order valence-electron chi connectivity index (χ4n) is 6.42. The van der Waals surface area contributed by atoms with Gasteiger partial charge in [0.2, 0.25) is 33.5 Å². The number of rotatable bonds is 14. The van der Waals surface area contributed by atoms with Crippen molar-refractivity contribution >= 4 is 67.7 Å². The smallest absolute Gasteiger partial charge is 0.270 e. The van der Waals surface area contributed by atoms with Crippen molar-refractivity contribution in [2.75, 3.05) is 25.6 Å². The molecule has 2 aliphatic carbocycles. The molecular weight excluding hydrogens is 746 g/mol. The molecule has 3 heterocycles. The van der Waals surface area contributed by atoms with Crippen molar-refractivity contribution in [3.63, 3.8) is 0 Å². The molecule has 6 rings (SSSR count). The van der Waals surface area contributed by atoms with E-state index in [-0.39, 0.29) is 38.6 Å². The van der Waals surface area contributed by atoms with Crippen molar-refractivity contribution < 1.29 is 37.0 Å². The Bertz CT molecular complexity index is 2000. The lowest BCUT2D eigenvalue weighted by molar-refractivity contribution is -0.141. The first kappa shape index (κ1) is 40.0. The third-order valence-electron chi connectivity index (χ3n) is 9.51. The number of carbonyl (C=O) groups excluding carboxylic acids is 3. The Labute approximate surface area is 318 Å². The number of methoxy groups -OCH3 is 1. The number of nitrogens with one attached hydrogen (secondary N) is 3. The lowest BCUT2D eigenvalue weighted by atomic mass is 9.85. The highest BCUT2D eigenvalue weighted by Gasteiger charge is 2.62. The normalized spacial score (nSPS) is 23.0. The van der Waals surface area contributed by atoms with Gasteiger partial charge in [0, 0.05) is 28.1 Å². The second kappa shape index (κ2) is 15.3. The summed E-state index contributed by atoms with van der Waals surface area (Å²) < 4.78 is 53.6. The van der Waals surface area contributed by atoms with Gasteiger partial charge in [-0.25, -0.2) is 13.4 Å². The summed E-state index contributed by atoms with van der Waals surface area (Å²) in [5, 5.41) is 7.10. The highest BCUT2D eigenvalue weighted by Crippen LogP contribution is 2.46. The van der Waals surface area contributed by atoms with Crippen LogP contribution in [0, 0.1) is 11.3 Å². The standard InChI is InChI=1S/C34H42ClN7O8S2.CH4/c1-7-18-15-34(18,32(45)41-52(46,47)21-10-11-21)38-28(43)24-14-20(50-29-23-13-19(35)9-12-22(23)25(48-6)16-36-29)17-42(24)31(44)26(33(3,4)5)37-27-30(49-8-2)40-51-39-27;/h7,9,12-13,16,18,20-21,24,26H,1,8,10-11,14-15,17H2,2-6H3,(H,37,39)(H,38,43)(H,41,45);1H4/t18-,20-,24+,26?,34-;/m1./s1. The van der Waals surface area contributed by atoms with E-state index in [1.807, 2.05) is 27.7 Å². The number of ether oxygens (including phenoxy) is 3. The summed E-state index contributed by atoms with van der Waals surface area (Å²) in [5.41, 5.74) is -2.24. The van der Waals surface area contributed by atoms with Gasteiger partial charge in [0.1, 0.15) is 29.5 Å². The van der Waals surface area contributed by atoms with Crippen LogP contribution >= 0.6 is 23.3 Å². The van der Waals surface area contributed by atoms with Crippen LogP contribution in [0.1, 0.15) is 60.8 Å². The van der Waals surface area contributed by atoms with E-state index in [2.05, 4.69) is 35.7 Å². The minimum atomic E-state index is -3.89. The first-order valence-corrected chi connectivity index (χ1v) is 19.6. The molecule has 0 bridgehead atoms. The van der Waals surface area contributed by atoms with Gasteiger partial charge in [-0.1, -0.05) is 45.9 Å². The van der Waals surface area contributed by atoms with Crippen LogP contribution in [0.3, 0.4) is 0 Å². The maximum atomic E-state index is 14.7. The first-order valence-electron chi connectivity index (χ1n) is 16.9. The molecule has 3 N–H and O–H groups in total. The van der Waals surface area contributed by atoms with Gasteiger partial charge in [-0.3, -0.25) is 19.1 Å². The van der Waals surface area contributed by atoms with Gasteiger partial charge in [-0.15, -0.1) is 11.0 Å². The second-order valence-electron chi connectivity index (χ2n) is 14.3. The van der Waals surface area contributed by atoms with E-state index in [1.165, 1.54) is 24.3 Å². The Kier molecular flexibility index (Phi) is 11.5. The summed E-state index contributed by atoms with van der Waals surface area (Å²) in [6.07, 6.45) is 3.41. The minimum absolute atomic E-state index is 0. The largest absolute Gasteiger partial charge is 0.494 e. The van der Waals surface area contributed by atoms with Crippen molar-refractivity contribution in [2.45, 2.75) is 89.8 Å². The molecule has 2 saturated carbocycles. The zero-order valence-corrected chi connectivity index (χ0v) is 31.9. The highest BCUT2D eigenvalue weighted by atomic mass is 35.5. The van der Waals surface area contributed by atoms with E-state index in [0.717, 1.165) is 11.7 Å². The summed E-state index contributed by atoms with van der Waals surface area (Å²) in [5.74, 6) is -1.14. The fourth-order valence-corrected chi connectivity index (χ4v) is 8.43. The molecule has 0 spiro atoms. The number of hydrogen-bond acceptors (Lipinski definition) is 13. The average Bonchev–Trinajstić information content (AvgIpc) is 3.98. The third-order valence-corrected chi connectivity index (χ3v) is 12.1. The minimum Gasteiger partial charge on any atom is -0.494 e. The summed E-state index contributed by atoms with van der Waals surface area (Å²) in [6, 6.07) is 3.17. The zero-order valence-electron chi connectivity index (χ0n) is 29.5. The molecule has 3 fully saturated rings. The van der Waals surface area contributed by atoms with E-state index in [0.29, 0.717) is 46.8 Å². The summed E-state index contributed by atoms with van der Waals surface area (Å²) in [6.45, 7) is 11.5. The molecule has 0 radical (unpaired) electrons. The molecule has 3 aliphatic rings. The monoisotopic (exact) mass is 791 g/mol. The lowest BCUT2D eigenvalue weighted by Gasteiger charge is -2.35. The van der Waals surface area contributed by atoms with E-state index >= 15 is 0 Å². The quantitative estimate of drug-likeness (QED) is 0.196. The van der Waals surface area contributed by atoms with Crippen molar-refractivity contribution in [3.05, 3.63) is 42.1 Å². The Morgan fingerprint density at radius 3 is 2.55 bits per heavy atom. The van der Waals surface area contributed by atoms with Crippen LogP contribution in [0.4, 0.5) is 5.82 Å². The van der Waals surface area contributed by atoms with Crippen LogP contribution in [-0.4, -0.2) is 94.0 Å². The number of carbonyl (C=O) groups is 3. The number of benzene rings is 1. The van der Waals surface area contributed by atoms with Gasteiger partial charge in [-0.05, 0) is 49.8 Å². The number of amides is 3.